The molecule has 0 spiro atoms. The van der Waals surface area contributed by atoms with Crippen LogP contribution in [-0.2, 0) is 14.4 Å². The monoisotopic (exact) mass is 387 g/mol. The summed E-state index contributed by atoms with van der Waals surface area (Å²) in [5, 5.41) is 7.60. The van der Waals surface area contributed by atoms with Gasteiger partial charge in [-0.05, 0) is 35.7 Å². The van der Waals surface area contributed by atoms with Crippen molar-refractivity contribution in [2.24, 2.45) is 5.92 Å². The minimum absolute atomic E-state index is 0.0532. The van der Waals surface area contributed by atoms with Gasteiger partial charge in [0.1, 0.15) is 0 Å². The van der Waals surface area contributed by atoms with E-state index in [9.17, 15) is 14.4 Å². The molecule has 0 radical (unpaired) electrons. The van der Waals surface area contributed by atoms with E-state index in [4.69, 9.17) is 0 Å². The Morgan fingerprint density at radius 2 is 1.55 bits per heavy atom. The lowest BCUT2D eigenvalue weighted by Crippen LogP contribution is -2.28. The molecular formula is C23H21N3O3. The lowest BCUT2D eigenvalue weighted by atomic mass is 10.1. The predicted molar refractivity (Wildman–Crippen MR) is 114 cm³/mol. The number of hydrogen-bond donors (Lipinski definition) is 2. The van der Waals surface area contributed by atoms with Crippen molar-refractivity contribution in [3.8, 4) is 0 Å². The SMILES string of the molecule is CC(=O)Nc1ccc(NC(=O)[C@H]2CC(=O)N(c3cccc4ccccc34)C2)cc1. The van der Waals surface area contributed by atoms with E-state index in [1.807, 2.05) is 42.5 Å². The number of hydrogen-bond acceptors (Lipinski definition) is 3. The quantitative estimate of drug-likeness (QED) is 0.715. The Bertz CT molecular complexity index is 1090. The van der Waals surface area contributed by atoms with Gasteiger partial charge in [-0.1, -0.05) is 36.4 Å². The Morgan fingerprint density at radius 1 is 0.897 bits per heavy atom. The highest BCUT2D eigenvalue weighted by Gasteiger charge is 2.35. The molecule has 1 aliphatic rings. The molecule has 0 aliphatic carbocycles. The third-order valence-corrected chi connectivity index (χ3v) is 5.03. The minimum atomic E-state index is -0.420. The first-order valence-electron chi connectivity index (χ1n) is 9.48. The van der Waals surface area contributed by atoms with Crippen molar-refractivity contribution < 1.29 is 14.4 Å². The van der Waals surface area contributed by atoms with Gasteiger partial charge in [0.2, 0.25) is 17.7 Å². The van der Waals surface area contributed by atoms with E-state index in [1.54, 1.807) is 29.2 Å². The molecule has 1 aliphatic heterocycles. The number of amides is 3. The van der Waals surface area contributed by atoms with Gasteiger partial charge < -0.3 is 15.5 Å². The van der Waals surface area contributed by atoms with E-state index >= 15 is 0 Å². The second-order valence-electron chi connectivity index (χ2n) is 7.15. The van der Waals surface area contributed by atoms with Crippen molar-refractivity contribution in [1.82, 2.24) is 0 Å². The van der Waals surface area contributed by atoms with Crippen LogP contribution in [0.4, 0.5) is 17.1 Å². The third kappa shape index (κ3) is 3.96. The van der Waals surface area contributed by atoms with Crippen LogP contribution in [0.5, 0.6) is 0 Å². The van der Waals surface area contributed by atoms with Crippen molar-refractivity contribution in [3.05, 3.63) is 66.7 Å². The molecule has 4 rings (SSSR count). The number of benzene rings is 3. The Balaban J connectivity index is 1.47. The van der Waals surface area contributed by atoms with Crippen molar-refractivity contribution in [1.29, 1.82) is 0 Å². The van der Waals surface area contributed by atoms with Gasteiger partial charge in [0.25, 0.3) is 0 Å². The average molecular weight is 387 g/mol. The summed E-state index contributed by atoms with van der Waals surface area (Å²) in [6.45, 7) is 1.79. The van der Waals surface area contributed by atoms with E-state index in [1.165, 1.54) is 6.92 Å². The lowest BCUT2D eigenvalue weighted by molar-refractivity contribution is -0.122. The second-order valence-corrected chi connectivity index (χ2v) is 7.15. The first kappa shape index (κ1) is 18.7. The lowest BCUT2D eigenvalue weighted by Gasteiger charge is -2.19. The van der Waals surface area contributed by atoms with Gasteiger partial charge in [0.05, 0.1) is 11.6 Å². The summed E-state index contributed by atoms with van der Waals surface area (Å²) in [4.78, 5) is 38.1. The first-order valence-corrected chi connectivity index (χ1v) is 9.48. The molecule has 0 bridgehead atoms. The maximum Gasteiger partial charge on any atom is 0.229 e. The zero-order valence-corrected chi connectivity index (χ0v) is 16.0. The Morgan fingerprint density at radius 3 is 2.28 bits per heavy atom. The molecule has 1 saturated heterocycles. The number of nitrogens with zero attached hydrogens (tertiary/aromatic N) is 1. The number of nitrogens with one attached hydrogen (secondary N) is 2. The van der Waals surface area contributed by atoms with Gasteiger partial charge in [-0.3, -0.25) is 14.4 Å². The van der Waals surface area contributed by atoms with Crippen LogP contribution in [0.15, 0.2) is 66.7 Å². The second kappa shape index (κ2) is 7.75. The van der Waals surface area contributed by atoms with Gasteiger partial charge in [-0.2, -0.15) is 0 Å². The van der Waals surface area contributed by atoms with Crippen molar-refractivity contribution in [2.45, 2.75) is 13.3 Å². The normalized spacial score (nSPS) is 16.1. The fourth-order valence-corrected chi connectivity index (χ4v) is 3.64. The smallest absolute Gasteiger partial charge is 0.229 e. The Kier molecular flexibility index (Phi) is 4.99. The van der Waals surface area contributed by atoms with Crippen LogP contribution in [0.3, 0.4) is 0 Å². The molecule has 0 aromatic heterocycles. The summed E-state index contributed by atoms with van der Waals surface area (Å²) in [6.07, 6.45) is 0.180. The van der Waals surface area contributed by atoms with E-state index in [0.29, 0.717) is 17.9 Å². The molecule has 29 heavy (non-hydrogen) atoms. The maximum absolute atomic E-state index is 12.7. The van der Waals surface area contributed by atoms with Crippen LogP contribution in [-0.4, -0.2) is 24.3 Å². The van der Waals surface area contributed by atoms with Crippen molar-refractivity contribution >= 4 is 45.6 Å². The molecular weight excluding hydrogens is 366 g/mol. The molecule has 3 aromatic carbocycles. The third-order valence-electron chi connectivity index (χ3n) is 5.03. The van der Waals surface area contributed by atoms with E-state index in [-0.39, 0.29) is 24.1 Å². The number of anilines is 3. The molecule has 1 heterocycles. The summed E-state index contributed by atoms with van der Waals surface area (Å²) in [5.41, 5.74) is 2.12. The topological polar surface area (TPSA) is 78.5 Å². The zero-order valence-electron chi connectivity index (χ0n) is 16.0. The summed E-state index contributed by atoms with van der Waals surface area (Å²) in [5.74, 6) is -0.813. The molecule has 6 nitrogen and oxygen atoms in total. The molecule has 1 atom stereocenters. The summed E-state index contributed by atoms with van der Waals surface area (Å²) < 4.78 is 0. The standard InChI is InChI=1S/C23H21N3O3/c1-15(27)24-18-9-11-19(12-10-18)25-23(29)17-13-22(28)26(14-17)21-8-4-6-16-5-2-3-7-20(16)21/h2-12,17H,13-14H2,1H3,(H,24,27)(H,25,29)/t17-/m0/s1. The predicted octanol–water partition coefficient (Wildman–Crippen LogP) is 3.79. The number of carbonyl (C=O) groups is 3. The van der Waals surface area contributed by atoms with Gasteiger partial charge in [0.15, 0.2) is 0 Å². The number of carbonyl (C=O) groups excluding carboxylic acids is 3. The molecule has 6 heteroatoms. The van der Waals surface area contributed by atoms with E-state index in [0.717, 1.165) is 16.5 Å². The van der Waals surface area contributed by atoms with Crippen LogP contribution >= 0.6 is 0 Å². The van der Waals surface area contributed by atoms with Gasteiger partial charge in [0, 0.05) is 36.7 Å². The van der Waals surface area contributed by atoms with Crippen LogP contribution in [0.25, 0.3) is 10.8 Å². The summed E-state index contributed by atoms with van der Waals surface area (Å²) in [7, 11) is 0. The van der Waals surface area contributed by atoms with Crippen molar-refractivity contribution in [3.63, 3.8) is 0 Å². The Labute approximate surface area is 168 Å². The molecule has 2 N–H and O–H groups in total. The van der Waals surface area contributed by atoms with Gasteiger partial charge >= 0.3 is 0 Å². The van der Waals surface area contributed by atoms with Crippen LogP contribution in [0.2, 0.25) is 0 Å². The summed E-state index contributed by atoms with van der Waals surface area (Å²) in [6, 6.07) is 20.6. The van der Waals surface area contributed by atoms with E-state index < -0.39 is 5.92 Å². The molecule has 0 unspecified atom stereocenters. The highest BCUT2D eigenvalue weighted by Crippen LogP contribution is 2.32. The average Bonchev–Trinajstić information content (AvgIpc) is 3.10. The van der Waals surface area contributed by atoms with Gasteiger partial charge in [-0.25, -0.2) is 0 Å². The maximum atomic E-state index is 12.7. The summed E-state index contributed by atoms with van der Waals surface area (Å²) >= 11 is 0. The largest absolute Gasteiger partial charge is 0.326 e. The zero-order chi connectivity index (χ0) is 20.4. The minimum Gasteiger partial charge on any atom is -0.326 e. The number of rotatable bonds is 4. The molecule has 0 saturated carbocycles. The molecule has 146 valence electrons. The van der Waals surface area contributed by atoms with E-state index in [2.05, 4.69) is 10.6 Å². The molecule has 3 amide bonds. The molecule has 3 aromatic rings. The Hall–Kier alpha value is -3.67. The van der Waals surface area contributed by atoms with Crippen LogP contribution in [0, 0.1) is 5.92 Å². The van der Waals surface area contributed by atoms with Crippen molar-refractivity contribution in [2.75, 3.05) is 22.1 Å². The number of fused-ring (bicyclic) bond motifs is 1. The highest BCUT2D eigenvalue weighted by atomic mass is 16.2. The fraction of sp³-hybridized carbons (Fsp3) is 0.174. The highest BCUT2D eigenvalue weighted by molar-refractivity contribution is 6.08. The first-order chi connectivity index (χ1) is 14.0. The van der Waals surface area contributed by atoms with Crippen LogP contribution < -0.4 is 15.5 Å². The molecule has 1 fully saturated rings. The fourth-order valence-electron chi connectivity index (χ4n) is 3.64. The van der Waals surface area contributed by atoms with Crippen LogP contribution in [0.1, 0.15) is 13.3 Å². The van der Waals surface area contributed by atoms with Gasteiger partial charge in [-0.15, -0.1) is 0 Å².